The lowest BCUT2D eigenvalue weighted by atomic mass is 9.59. The number of hydrogen-bond acceptors (Lipinski definition) is 6. The summed E-state index contributed by atoms with van der Waals surface area (Å²) in [5.41, 5.74) is 3.31. The fourth-order valence-electron chi connectivity index (χ4n) is 5.60. The van der Waals surface area contributed by atoms with Crippen LogP contribution < -0.4 is 0 Å². The predicted octanol–water partition coefficient (Wildman–Crippen LogP) is 2.52. The van der Waals surface area contributed by atoms with Crippen molar-refractivity contribution in [1.82, 2.24) is 5.06 Å². The number of allylic oxidation sites excluding steroid dienone is 6. The summed E-state index contributed by atoms with van der Waals surface area (Å²) in [4.78, 5) is 51.2. The molecule has 158 valence electrons. The van der Waals surface area contributed by atoms with Gasteiger partial charge in [0.1, 0.15) is 5.75 Å². The van der Waals surface area contributed by atoms with E-state index in [1.807, 2.05) is 6.08 Å². The fraction of sp³-hybridized carbons (Fsp3) is 0.333. The van der Waals surface area contributed by atoms with Gasteiger partial charge < -0.3 is 5.11 Å². The summed E-state index contributed by atoms with van der Waals surface area (Å²) < 4.78 is 0. The zero-order valence-electron chi connectivity index (χ0n) is 17.1. The van der Waals surface area contributed by atoms with Gasteiger partial charge in [0, 0.05) is 22.6 Å². The van der Waals surface area contributed by atoms with Crippen molar-refractivity contribution in [2.75, 3.05) is 0 Å². The molecule has 2 amide bonds. The highest BCUT2D eigenvalue weighted by molar-refractivity contribution is 6.23. The molecule has 3 aliphatic carbocycles. The molecule has 0 radical (unpaired) electrons. The normalized spacial score (nSPS) is 30.1. The SMILES string of the molecule is CC1=CC(=O)C2=C(C[C@@H]3C(=CC[C@@H]4C(=O)N(O)C(=O)[C@@H]43)[C@@H]2c2ccc(O)c(C)c2)C1=O. The van der Waals surface area contributed by atoms with Crippen molar-refractivity contribution in [3.05, 3.63) is 63.8 Å². The van der Waals surface area contributed by atoms with Crippen molar-refractivity contribution in [2.45, 2.75) is 32.6 Å². The minimum absolute atomic E-state index is 0.122. The molecular weight excluding hydrogens is 398 g/mol. The number of hydrogen-bond donors (Lipinski definition) is 2. The summed E-state index contributed by atoms with van der Waals surface area (Å²) in [6.45, 7) is 3.35. The van der Waals surface area contributed by atoms with E-state index in [4.69, 9.17) is 0 Å². The third-order valence-electron chi connectivity index (χ3n) is 7.09. The molecule has 0 unspecified atom stereocenters. The molecule has 31 heavy (non-hydrogen) atoms. The number of nitrogens with zero attached hydrogens (tertiary/aromatic N) is 1. The van der Waals surface area contributed by atoms with Gasteiger partial charge in [-0.1, -0.05) is 23.8 Å². The van der Waals surface area contributed by atoms with Crippen molar-refractivity contribution >= 4 is 23.4 Å². The lowest BCUT2D eigenvalue weighted by Crippen LogP contribution is -2.39. The third kappa shape index (κ3) is 2.63. The van der Waals surface area contributed by atoms with E-state index < -0.39 is 35.5 Å². The minimum Gasteiger partial charge on any atom is -0.508 e. The Kier molecular flexibility index (Phi) is 4.17. The summed E-state index contributed by atoms with van der Waals surface area (Å²) in [6, 6.07) is 5.05. The van der Waals surface area contributed by atoms with Crippen molar-refractivity contribution in [2.24, 2.45) is 17.8 Å². The number of Topliss-reactive ketones (excluding diaryl/α,β-unsaturated/α-hetero) is 1. The van der Waals surface area contributed by atoms with E-state index >= 15 is 0 Å². The topological polar surface area (TPSA) is 112 Å². The molecule has 0 spiro atoms. The molecule has 1 heterocycles. The highest BCUT2D eigenvalue weighted by atomic mass is 16.5. The molecule has 4 atom stereocenters. The summed E-state index contributed by atoms with van der Waals surface area (Å²) in [5, 5.41) is 20.1. The number of aromatic hydroxyl groups is 1. The Morgan fingerprint density at radius 1 is 1.03 bits per heavy atom. The largest absolute Gasteiger partial charge is 0.508 e. The lowest BCUT2D eigenvalue weighted by Gasteiger charge is -2.42. The van der Waals surface area contributed by atoms with Crippen molar-refractivity contribution < 1.29 is 29.5 Å². The van der Waals surface area contributed by atoms with Crippen LogP contribution >= 0.6 is 0 Å². The van der Waals surface area contributed by atoms with Crippen LogP contribution in [0, 0.1) is 24.7 Å². The Morgan fingerprint density at radius 3 is 2.48 bits per heavy atom. The van der Waals surface area contributed by atoms with Gasteiger partial charge in [-0.15, -0.1) is 0 Å². The number of phenolic OH excluding ortho intramolecular Hbond substituents is 1. The van der Waals surface area contributed by atoms with Gasteiger partial charge in [0.2, 0.25) is 0 Å². The van der Waals surface area contributed by atoms with E-state index in [2.05, 4.69) is 0 Å². The van der Waals surface area contributed by atoms with Crippen molar-refractivity contribution in [3.8, 4) is 5.75 Å². The van der Waals surface area contributed by atoms with Crippen LogP contribution in [0.3, 0.4) is 0 Å². The van der Waals surface area contributed by atoms with Crippen molar-refractivity contribution in [1.29, 1.82) is 0 Å². The second-order valence-corrected chi connectivity index (χ2v) is 8.76. The van der Waals surface area contributed by atoms with Crippen LogP contribution in [0.2, 0.25) is 0 Å². The van der Waals surface area contributed by atoms with Gasteiger partial charge in [0.15, 0.2) is 11.6 Å². The average Bonchev–Trinajstić information content (AvgIpc) is 2.97. The minimum atomic E-state index is -0.763. The monoisotopic (exact) mass is 419 g/mol. The van der Waals surface area contributed by atoms with Crippen LogP contribution in [0.15, 0.2) is 52.6 Å². The van der Waals surface area contributed by atoms with E-state index in [0.29, 0.717) is 22.3 Å². The summed E-state index contributed by atoms with van der Waals surface area (Å²) >= 11 is 0. The molecule has 7 nitrogen and oxygen atoms in total. The summed E-state index contributed by atoms with van der Waals surface area (Å²) in [5.74, 6) is -4.06. The smallest absolute Gasteiger partial charge is 0.257 e. The van der Waals surface area contributed by atoms with Crippen LogP contribution in [0.1, 0.15) is 36.8 Å². The van der Waals surface area contributed by atoms with E-state index in [9.17, 15) is 29.5 Å². The second kappa shape index (κ2) is 6.59. The van der Waals surface area contributed by atoms with Gasteiger partial charge >= 0.3 is 0 Å². The number of carbonyl (C=O) groups excluding carboxylic acids is 4. The highest BCUT2D eigenvalue weighted by Gasteiger charge is 2.56. The maximum atomic E-state index is 13.1. The molecular formula is C24H21NO6. The number of fused-ring (bicyclic) bond motifs is 3. The molecule has 2 N–H and O–H groups in total. The molecule has 0 saturated carbocycles. The number of aryl methyl sites for hydroxylation is 1. The first kappa shape index (κ1) is 19.6. The standard InChI is InChI=1S/C24H21NO6/c1-10-7-12(3-6-17(10)26)19-13-4-5-14-20(24(30)25(31)23(14)29)15(13)9-16-21(19)18(27)8-11(2)22(16)28/h3-4,6-8,14-15,19-20,26,31H,5,9H2,1-2H3/t14-,15+,19-,20-/m0/s1. The number of rotatable bonds is 1. The van der Waals surface area contributed by atoms with Gasteiger partial charge in [0.25, 0.3) is 11.8 Å². The molecule has 0 bridgehead atoms. The fourth-order valence-corrected chi connectivity index (χ4v) is 5.60. The zero-order valence-corrected chi connectivity index (χ0v) is 17.1. The Morgan fingerprint density at radius 2 is 1.77 bits per heavy atom. The predicted molar refractivity (Wildman–Crippen MR) is 108 cm³/mol. The van der Waals surface area contributed by atoms with E-state index in [0.717, 1.165) is 11.1 Å². The van der Waals surface area contributed by atoms with Gasteiger partial charge in [-0.25, -0.2) is 0 Å². The van der Waals surface area contributed by atoms with Crippen molar-refractivity contribution in [3.63, 3.8) is 0 Å². The van der Waals surface area contributed by atoms with Gasteiger partial charge in [-0.2, -0.15) is 5.06 Å². The molecule has 5 rings (SSSR count). The third-order valence-corrected chi connectivity index (χ3v) is 7.09. The van der Waals surface area contributed by atoms with Gasteiger partial charge in [-0.3, -0.25) is 24.4 Å². The Hall–Kier alpha value is -3.32. The Bertz CT molecular complexity index is 1190. The number of ketones is 2. The number of carbonyl (C=O) groups is 4. The Balaban J connectivity index is 1.72. The number of phenols is 1. The second-order valence-electron chi connectivity index (χ2n) is 8.76. The number of imide groups is 1. The zero-order chi connectivity index (χ0) is 22.2. The maximum Gasteiger partial charge on any atom is 0.257 e. The average molecular weight is 419 g/mol. The maximum absolute atomic E-state index is 13.1. The quantitative estimate of drug-likeness (QED) is 0.313. The van der Waals surface area contributed by atoms with Crippen LogP contribution in [-0.2, 0) is 19.2 Å². The van der Waals surface area contributed by atoms with E-state index in [1.54, 1.807) is 32.0 Å². The number of hydroxylamine groups is 2. The van der Waals surface area contributed by atoms with Crippen LogP contribution in [-0.4, -0.2) is 38.8 Å². The van der Waals surface area contributed by atoms with Gasteiger partial charge in [0.05, 0.1) is 11.8 Å². The first-order chi connectivity index (χ1) is 14.7. The number of amides is 2. The van der Waals surface area contributed by atoms with Crippen LogP contribution in [0.25, 0.3) is 0 Å². The molecule has 7 heteroatoms. The molecule has 4 aliphatic rings. The Labute approximate surface area is 178 Å². The molecule has 1 aliphatic heterocycles. The highest BCUT2D eigenvalue weighted by Crippen LogP contribution is 2.55. The molecule has 1 fully saturated rings. The lowest BCUT2D eigenvalue weighted by molar-refractivity contribution is -0.173. The summed E-state index contributed by atoms with van der Waals surface area (Å²) in [7, 11) is 0. The first-order valence-electron chi connectivity index (χ1n) is 10.3. The molecule has 1 aromatic carbocycles. The molecule has 0 aromatic heterocycles. The van der Waals surface area contributed by atoms with E-state index in [1.165, 1.54) is 6.08 Å². The number of benzene rings is 1. The van der Waals surface area contributed by atoms with Gasteiger partial charge in [-0.05, 0) is 55.9 Å². The van der Waals surface area contributed by atoms with Crippen LogP contribution in [0.5, 0.6) is 5.75 Å². The van der Waals surface area contributed by atoms with E-state index in [-0.39, 0.29) is 35.2 Å². The first-order valence-corrected chi connectivity index (χ1v) is 10.3. The van der Waals surface area contributed by atoms with Crippen LogP contribution in [0.4, 0.5) is 0 Å². The molecule has 1 saturated heterocycles. The molecule has 1 aromatic rings. The summed E-state index contributed by atoms with van der Waals surface area (Å²) in [6.07, 6.45) is 3.70.